The SMILES string of the molecule is CCOC(=O)N1C=Cc2cc(OC)c(OCc3ccccc3)cc2C1Cc1cccc(OC)c1. The lowest BCUT2D eigenvalue weighted by atomic mass is 9.91. The first-order chi connectivity index (χ1) is 16.6. The van der Waals surface area contributed by atoms with Gasteiger partial charge in [-0.15, -0.1) is 0 Å². The van der Waals surface area contributed by atoms with E-state index in [1.165, 1.54) is 0 Å². The lowest BCUT2D eigenvalue weighted by Crippen LogP contribution is -2.34. The first kappa shape index (κ1) is 23.2. The van der Waals surface area contributed by atoms with Gasteiger partial charge in [0.05, 0.1) is 26.9 Å². The van der Waals surface area contributed by atoms with Crippen LogP contribution in [0.1, 0.15) is 35.2 Å². The number of amides is 1. The van der Waals surface area contributed by atoms with Gasteiger partial charge in [0.1, 0.15) is 12.4 Å². The molecule has 3 aromatic carbocycles. The highest BCUT2D eigenvalue weighted by molar-refractivity contribution is 5.74. The zero-order chi connectivity index (χ0) is 23.9. The molecular formula is C28H29NO5. The lowest BCUT2D eigenvalue weighted by Gasteiger charge is -2.33. The van der Waals surface area contributed by atoms with Crippen LogP contribution in [-0.4, -0.2) is 31.8 Å². The van der Waals surface area contributed by atoms with Gasteiger partial charge in [0.2, 0.25) is 0 Å². The third-order valence-electron chi connectivity index (χ3n) is 5.76. The highest BCUT2D eigenvalue weighted by Gasteiger charge is 2.31. The smallest absolute Gasteiger partial charge is 0.414 e. The lowest BCUT2D eigenvalue weighted by molar-refractivity contribution is 0.109. The monoisotopic (exact) mass is 459 g/mol. The molecule has 0 bridgehead atoms. The second kappa shape index (κ2) is 10.8. The number of methoxy groups -OCH3 is 2. The molecule has 0 saturated heterocycles. The number of ether oxygens (including phenoxy) is 4. The van der Waals surface area contributed by atoms with Gasteiger partial charge in [0, 0.05) is 6.20 Å². The Labute approximate surface area is 200 Å². The predicted molar refractivity (Wildman–Crippen MR) is 131 cm³/mol. The number of nitrogens with zero attached hydrogens (tertiary/aromatic N) is 1. The van der Waals surface area contributed by atoms with Crippen molar-refractivity contribution in [3.63, 3.8) is 0 Å². The van der Waals surface area contributed by atoms with E-state index in [0.29, 0.717) is 31.1 Å². The van der Waals surface area contributed by atoms with E-state index in [-0.39, 0.29) is 12.1 Å². The first-order valence-electron chi connectivity index (χ1n) is 11.3. The van der Waals surface area contributed by atoms with Crippen LogP contribution in [0.2, 0.25) is 0 Å². The van der Waals surface area contributed by atoms with Crippen molar-refractivity contribution in [1.82, 2.24) is 4.90 Å². The molecule has 1 heterocycles. The molecule has 0 radical (unpaired) electrons. The summed E-state index contributed by atoms with van der Waals surface area (Å²) in [7, 11) is 3.27. The molecule has 1 atom stereocenters. The summed E-state index contributed by atoms with van der Waals surface area (Å²) in [6, 6.07) is 21.5. The van der Waals surface area contributed by atoms with E-state index in [1.807, 2.05) is 72.8 Å². The molecule has 0 spiro atoms. The van der Waals surface area contributed by atoms with E-state index < -0.39 is 0 Å². The second-order valence-electron chi connectivity index (χ2n) is 7.90. The number of hydrogen-bond donors (Lipinski definition) is 0. The molecule has 0 saturated carbocycles. The zero-order valence-corrected chi connectivity index (χ0v) is 19.7. The predicted octanol–water partition coefficient (Wildman–Crippen LogP) is 6.01. The number of rotatable bonds is 8. The maximum Gasteiger partial charge on any atom is 0.414 e. The van der Waals surface area contributed by atoms with E-state index in [2.05, 4.69) is 0 Å². The maximum absolute atomic E-state index is 12.8. The van der Waals surface area contributed by atoms with Crippen LogP contribution in [-0.2, 0) is 17.8 Å². The van der Waals surface area contributed by atoms with Crippen LogP contribution < -0.4 is 14.2 Å². The van der Waals surface area contributed by atoms with Gasteiger partial charge in [-0.25, -0.2) is 4.79 Å². The van der Waals surface area contributed by atoms with Crippen molar-refractivity contribution in [2.75, 3.05) is 20.8 Å². The number of hydrogen-bond acceptors (Lipinski definition) is 5. The Kier molecular flexibility index (Phi) is 7.38. The van der Waals surface area contributed by atoms with Gasteiger partial charge in [-0.1, -0.05) is 42.5 Å². The van der Waals surface area contributed by atoms with Crippen LogP contribution in [0.4, 0.5) is 4.79 Å². The highest BCUT2D eigenvalue weighted by Crippen LogP contribution is 2.40. The van der Waals surface area contributed by atoms with Gasteiger partial charge < -0.3 is 18.9 Å². The fraction of sp³-hybridized carbons (Fsp3) is 0.250. The highest BCUT2D eigenvalue weighted by atomic mass is 16.6. The fourth-order valence-corrected chi connectivity index (χ4v) is 4.06. The standard InChI is InChI=1S/C28H29NO5/c1-4-33-28(30)29-14-13-22-17-26(32-3)27(34-19-20-9-6-5-7-10-20)18-24(22)25(29)16-21-11-8-12-23(15-21)31-2/h5-15,17-18,25H,4,16,19H2,1-3H3. The van der Waals surface area contributed by atoms with Crippen molar-refractivity contribution in [1.29, 1.82) is 0 Å². The molecule has 0 N–H and O–H groups in total. The molecule has 1 aliphatic rings. The quantitative estimate of drug-likeness (QED) is 0.413. The number of benzene rings is 3. The van der Waals surface area contributed by atoms with E-state index in [4.69, 9.17) is 18.9 Å². The molecule has 3 aromatic rings. The molecule has 1 aliphatic heterocycles. The van der Waals surface area contributed by atoms with Crippen LogP contribution in [0.5, 0.6) is 17.2 Å². The Hall–Kier alpha value is -3.93. The third kappa shape index (κ3) is 5.17. The second-order valence-corrected chi connectivity index (χ2v) is 7.90. The van der Waals surface area contributed by atoms with Crippen molar-refractivity contribution in [3.05, 3.63) is 95.2 Å². The van der Waals surface area contributed by atoms with E-state index in [9.17, 15) is 4.79 Å². The summed E-state index contributed by atoms with van der Waals surface area (Å²) in [5.41, 5.74) is 4.03. The molecule has 1 amide bonds. The molecule has 0 aromatic heterocycles. The van der Waals surface area contributed by atoms with E-state index in [1.54, 1.807) is 32.2 Å². The minimum absolute atomic E-state index is 0.281. The first-order valence-corrected chi connectivity index (χ1v) is 11.3. The Bertz CT molecular complexity index is 1160. The van der Waals surface area contributed by atoms with Gasteiger partial charge >= 0.3 is 6.09 Å². The van der Waals surface area contributed by atoms with E-state index in [0.717, 1.165) is 28.0 Å². The maximum atomic E-state index is 12.8. The summed E-state index contributed by atoms with van der Waals surface area (Å²) in [6.45, 7) is 2.51. The number of fused-ring (bicyclic) bond motifs is 1. The third-order valence-corrected chi connectivity index (χ3v) is 5.76. The van der Waals surface area contributed by atoms with Crippen molar-refractivity contribution in [3.8, 4) is 17.2 Å². The summed E-state index contributed by atoms with van der Waals surface area (Å²) in [4.78, 5) is 14.5. The van der Waals surface area contributed by atoms with Gasteiger partial charge in [-0.3, -0.25) is 4.90 Å². The Balaban J connectivity index is 1.71. The van der Waals surface area contributed by atoms with E-state index >= 15 is 0 Å². The summed E-state index contributed by atoms with van der Waals surface area (Å²) in [5, 5.41) is 0. The van der Waals surface area contributed by atoms with Gasteiger partial charge in [-0.05, 0) is 65.9 Å². The van der Waals surface area contributed by atoms with Gasteiger partial charge in [0.25, 0.3) is 0 Å². The van der Waals surface area contributed by atoms with Crippen LogP contribution in [0.3, 0.4) is 0 Å². The van der Waals surface area contributed by atoms with Crippen LogP contribution in [0.15, 0.2) is 72.9 Å². The Morgan fingerprint density at radius 2 is 1.71 bits per heavy atom. The molecule has 176 valence electrons. The average molecular weight is 460 g/mol. The molecule has 6 nitrogen and oxygen atoms in total. The van der Waals surface area contributed by atoms with Gasteiger partial charge in [-0.2, -0.15) is 0 Å². The average Bonchev–Trinajstić information content (AvgIpc) is 2.88. The molecule has 34 heavy (non-hydrogen) atoms. The van der Waals surface area contributed by atoms with Gasteiger partial charge in [0.15, 0.2) is 11.5 Å². The number of carbonyl (C=O) groups excluding carboxylic acids is 1. The van der Waals surface area contributed by atoms with Crippen molar-refractivity contribution >= 4 is 12.2 Å². The zero-order valence-electron chi connectivity index (χ0n) is 19.7. The van der Waals surface area contributed by atoms with Crippen LogP contribution in [0.25, 0.3) is 6.08 Å². The largest absolute Gasteiger partial charge is 0.497 e. The normalized spacial score (nSPS) is 14.3. The minimum Gasteiger partial charge on any atom is -0.497 e. The Morgan fingerprint density at radius 3 is 2.44 bits per heavy atom. The fourth-order valence-electron chi connectivity index (χ4n) is 4.06. The number of carbonyl (C=O) groups is 1. The minimum atomic E-state index is -0.389. The summed E-state index contributed by atoms with van der Waals surface area (Å²) < 4.78 is 22.5. The molecule has 6 heteroatoms. The van der Waals surface area contributed by atoms with Crippen LogP contribution >= 0.6 is 0 Å². The summed E-state index contributed by atoms with van der Waals surface area (Å²) in [5.74, 6) is 2.04. The Morgan fingerprint density at radius 1 is 0.912 bits per heavy atom. The van der Waals surface area contributed by atoms with Crippen LogP contribution in [0, 0.1) is 0 Å². The topological polar surface area (TPSA) is 57.2 Å². The molecule has 4 rings (SSSR count). The molecule has 1 unspecified atom stereocenters. The summed E-state index contributed by atoms with van der Waals surface area (Å²) >= 11 is 0. The molecular weight excluding hydrogens is 430 g/mol. The van der Waals surface area contributed by atoms with Crippen molar-refractivity contribution in [2.45, 2.75) is 26.0 Å². The summed E-state index contributed by atoms with van der Waals surface area (Å²) in [6.07, 6.45) is 3.87. The molecule has 0 aliphatic carbocycles. The van der Waals surface area contributed by atoms with Crippen molar-refractivity contribution in [2.24, 2.45) is 0 Å². The van der Waals surface area contributed by atoms with Crippen molar-refractivity contribution < 1.29 is 23.7 Å². The molecule has 0 fully saturated rings.